The van der Waals surface area contributed by atoms with Crippen LogP contribution in [0.3, 0.4) is 0 Å². The zero-order chi connectivity index (χ0) is 37.6. The molecule has 0 unspecified atom stereocenters. The Hall–Kier alpha value is -6.61. The lowest BCUT2D eigenvalue weighted by Gasteiger charge is -2.41. The predicted octanol–water partition coefficient (Wildman–Crippen LogP) is 3.99. The van der Waals surface area contributed by atoms with Crippen LogP contribution in [-0.4, -0.2) is 79.9 Å². The second-order valence-electron chi connectivity index (χ2n) is 11.9. The fraction of sp³-hybridized carbons (Fsp3) is 0.154. The summed E-state index contributed by atoms with van der Waals surface area (Å²) in [7, 11) is 0. The Morgan fingerprint density at radius 1 is 0.717 bits per heavy atom. The van der Waals surface area contributed by atoms with Crippen LogP contribution >= 0.6 is 0 Å². The Kier molecular flexibility index (Phi) is 10.7. The van der Waals surface area contributed by atoms with Gasteiger partial charge in [0.05, 0.1) is 0 Å². The average molecular weight is 725 g/mol. The predicted molar refractivity (Wildman–Crippen MR) is 188 cm³/mol. The first-order valence-electron chi connectivity index (χ1n) is 16.0. The van der Waals surface area contributed by atoms with Crippen LogP contribution in [0.2, 0.25) is 0 Å². The van der Waals surface area contributed by atoms with Crippen molar-refractivity contribution >= 4 is 35.1 Å². The third kappa shape index (κ3) is 8.83. The Bertz CT molecular complexity index is 2210. The Labute approximate surface area is 300 Å². The molecule has 0 saturated carbocycles. The largest absolute Gasteiger partial charge is 0.508 e. The standard InChI is InChI=1S/C39H32O14/c40-24-9-1-21(2-10-24)5-15-33(45)49-20-32-36(47)38(53-34(46)16-6-22-3-11-25(41)12-4-22)37(48)39(52-32)50-27-13-7-23(8-14-27)30-19-29(44)35-28(43)17-26(42)18-31(35)51-30/h1-19,32,36-43,47-48H,20H2/t32-,36-,37-,38+,39-/m1/s1. The minimum atomic E-state index is -1.74. The third-order valence-electron chi connectivity index (χ3n) is 8.08. The molecule has 5 aromatic rings. The number of aliphatic hydroxyl groups excluding tert-OH is 2. The maximum Gasteiger partial charge on any atom is 0.331 e. The first kappa shape index (κ1) is 36.2. The lowest BCUT2D eigenvalue weighted by atomic mass is 9.99. The molecule has 14 heteroatoms. The van der Waals surface area contributed by atoms with Gasteiger partial charge in [-0.2, -0.15) is 0 Å². The van der Waals surface area contributed by atoms with Crippen LogP contribution in [0.4, 0.5) is 0 Å². The highest BCUT2D eigenvalue weighted by Crippen LogP contribution is 2.32. The number of phenols is 4. The van der Waals surface area contributed by atoms with Gasteiger partial charge in [0.25, 0.3) is 0 Å². The van der Waals surface area contributed by atoms with Crippen LogP contribution in [0, 0.1) is 0 Å². The molecule has 6 rings (SSSR count). The molecular formula is C39H32O14. The van der Waals surface area contributed by atoms with Crippen molar-refractivity contribution in [2.24, 2.45) is 0 Å². The van der Waals surface area contributed by atoms with Crippen molar-refractivity contribution in [1.82, 2.24) is 0 Å². The van der Waals surface area contributed by atoms with Crippen LogP contribution in [0.15, 0.2) is 112 Å². The fourth-order valence-electron chi connectivity index (χ4n) is 5.39. The maximum absolute atomic E-state index is 12.8. The topological polar surface area (TPSA) is 223 Å². The van der Waals surface area contributed by atoms with E-state index in [9.17, 15) is 45.0 Å². The summed E-state index contributed by atoms with van der Waals surface area (Å²) < 4.78 is 28.1. The molecule has 1 fully saturated rings. The Morgan fingerprint density at radius 2 is 1.32 bits per heavy atom. The lowest BCUT2D eigenvalue weighted by Crippen LogP contribution is -2.61. The van der Waals surface area contributed by atoms with Crippen molar-refractivity contribution in [3.05, 3.63) is 124 Å². The molecule has 5 atom stereocenters. The van der Waals surface area contributed by atoms with Gasteiger partial charge in [-0.3, -0.25) is 4.79 Å². The van der Waals surface area contributed by atoms with E-state index >= 15 is 0 Å². The first-order valence-corrected chi connectivity index (χ1v) is 16.0. The molecule has 0 spiro atoms. The highest BCUT2D eigenvalue weighted by atomic mass is 16.7. The summed E-state index contributed by atoms with van der Waals surface area (Å²) in [5, 5.41) is 61.1. The number of benzene rings is 4. The fourth-order valence-corrected chi connectivity index (χ4v) is 5.39. The lowest BCUT2D eigenvalue weighted by molar-refractivity contribution is -0.281. The molecule has 0 bridgehead atoms. The molecule has 1 aromatic heterocycles. The van der Waals surface area contributed by atoms with E-state index in [1.807, 2.05) is 0 Å². The monoisotopic (exact) mass is 724 g/mol. The number of carbonyl (C=O) groups is 2. The van der Waals surface area contributed by atoms with E-state index in [-0.39, 0.29) is 39.7 Å². The Morgan fingerprint density at radius 3 is 1.94 bits per heavy atom. The van der Waals surface area contributed by atoms with Gasteiger partial charge in [-0.15, -0.1) is 0 Å². The number of esters is 2. The van der Waals surface area contributed by atoms with Gasteiger partial charge in [0.1, 0.15) is 64.3 Å². The van der Waals surface area contributed by atoms with Gasteiger partial charge in [0.15, 0.2) is 17.6 Å². The average Bonchev–Trinajstić information content (AvgIpc) is 3.13. The summed E-state index contributed by atoms with van der Waals surface area (Å²) in [6, 6.07) is 21.4. The molecule has 1 saturated heterocycles. The van der Waals surface area contributed by atoms with Crippen molar-refractivity contribution in [2.45, 2.75) is 30.7 Å². The van der Waals surface area contributed by atoms with Crippen LogP contribution in [-0.2, 0) is 23.8 Å². The summed E-state index contributed by atoms with van der Waals surface area (Å²) in [5.41, 5.74) is 0.991. The number of fused-ring (bicyclic) bond motifs is 1. The number of aromatic hydroxyl groups is 4. The smallest absolute Gasteiger partial charge is 0.331 e. The van der Waals surface area contributed by atoms with E-state index in [1.165, 1.54) is 72.8 Å². The molecule has 14 nitrogen and oxygen atoms in total. The second-order valence-corrected chi connectivity index (χ2v) is 11.9. The van der Waals surface area contributed by atoms with Crippen molar-refractivity contribution in [3.8, 4) is 40.1 Å². The van der Waals surface area contributed by atoms with Gasteiger partial charge < -0.3 is 54.0 Å². The van der Waals surface area contributed by atoms with Crippen LogP contribution in [0.5, 0.6) is 28.7 Å². The van der Waals surface area contributed by atoms with Gasteiger partial charge in [0.2, 0.25) is 6.29 Å². The second kappa shape index (κ2) is 15.7. The van der Waals surface area contributed by atoms with Gasteiger partial charge in [0, 0.05) is 35.9 Å². The number of hydrogen-bond acceptors (Lipinski definition) is 14. The van der Waals surface area contributed by atoms with Gasteiger partial charge in [-0.25, -0.2) is 9.59 Å². The molecule has 0 amide bonds. The minimum absolute atomic E-state index is 0.0315. The molecule has 272 valence electrons. The Balaban J connectivity index is 1.19. The van der Waals surface area contributed by atoms with E-state index in [4.69, 9.17) is 23.4 Å². The highest BCUT2D eigenvalue weighted by molar-refractivity contribution is 5.88. The number of ether oxygens (including phenoxy) is 4. The van der Waals surface area contributed by atoms with Crippen LogP contribution < -0.4 is 10.2 Å². The van der Waals surface area contributed by atoms with Gasteiger partial charge in [-0.05, 0) is 71.8 Å². The SMILES string of the molecule is O=C(C=Cc1ccc(O)cc1)OC[C@H]1O[C@@H](Oc2ccc(-c3cc(=O)c4c(O)cc(O)cc4o3)cc2)[C@H](O)[C@@H](OC(=O)C=Cc2ccc(O)cc2)[C@@H]1O. The van der Waals surface area contributed by atoms with Gasteiger partial charge >= 0.3 is 11.9 Å². The highest BCUT2D eigenvalue weighted by Gasteiger charge is 2.48. The summed E-state index contributed by atoms with van der Waals surface area (Å²) in [4.78, 5) is 38.0. The number of aliphatic hydroxyl groups is 2. The zero-order valence-corrected chi connectivity index (χ0v) is 27.5. The van der Waals surface area contributed by atoms with E-state index in [2.05, 4.69) is 0 Å². The first-order chi connectivity index (χ1) is 25.4. The maximum atomic E-state index is 12.8. The summed E-state index contributed by atoms with van der Waals surface area (Å²) in [6.45, 7) is -0.533. The summed E-state index contributed by atoms with van der Waals surface area (Å²) in [5.74, 6) is -2.13. The number of rotatable bonds is 10. The molecule has 4 aromatic carbocycles. The van der Waals surface area contributed by atoms with Crippen molar-refractivity contribution in [2.75, 3.05) is 6.61 Å². The summed E-state index contributed by atoms with van der Waals surface area (Å²) >= 11 is 0. The minimum Gasteiger partial charge on any atom is -0.508 e. The van der Waals surface area contributed by atoms with Crippen LogP contribution in [0.25, 0.3) is 34.4 Å². The molecule has 0 aliphatic carbocycles. The summed E-state index contributed by atoms with van der Waals surface area (Å²) in [6.07, 6.45) is -2.89. The zero-order valence-electron chi connectivity index (χ0n) is 27.5. The number of carbonyl (C=O) groups excluding carboxylic acids is 2. The van der Waals surface area contributed by atoms with Crippen molar-refractivity contribution in [1.29, 1.82) is 0 Å². The van der Waals surface area contributed by atoms with Crippen molar-refractivity contribution < 1.29 is 63.6 Å². The van der Waals surface area contributed by atoms with E-state index in [0.29, 0.717) is 16.7 Å². The molecule has 1 aliphatic heterocycles. The molecule has 0 radical (unpaired) electrons. The quantitative estimate of drug-likeness (QED) is 0.0886. The number of hydrogen-bond donors (Lipinski definition) is 6. The molecule has 6 N–H and O–H groups in total. The van der Waals surface area contributed by atoms with Gasteiger partial charge in [-0.1, -0.05) is 24.3 Å². The molecule has 1 aliphatic rings. The van der Waals surface area contributed by atoms with E-state index < -0.39 is 60.4 Å². The van der Waals surface area contributed by atoms with E-state index in [1.54, 1.807) is 24.3 Å². The van der Waals surface area contributed by atoms with E-state index in [0.717, 1.165) is 18.2 Å². The molecular weight excluding hydrogens is 692 g/mol. The van der Waals surface area contributed by atoms with Crippen molar-refractivity contribution in [3.63, 3.8) is 0 Å². The number of phenolic OH excluding ortho intramolecular Hbond substituents is 4. The third-order valence-corrected chi connectivity index (χ3v) is 8.08. The van der Waals surface area contributed by atoms with Crippen LogP contribution in [0.1, 0.15) is 11.1 Å². The molecule has 2 heterocycles. The molecule has 53 heavy (non-hydrogen) atoms. The normalized spacial score (nSPS) is 20.1.